The van der Waals surface area contributed by atoms with Crippen molar-refractivity contribution in [1.29, 1.82) is 5.26 Å². The van der Waals surface area contributed by atoms with Crippen LogP contribution in [0.3, 0.4) is 0 Å². The molecule has 8 heteroatoms. The standard InChI is InChI=1S/C14H10F3N3O2/c1-7-9-4-8(6-18)5-10(22-14(15,16)17)12(9)20-3-2-19-13(21)11(7)20/h4-5H,2-3H2,1H3,(H,19,21). The molecule has 0 saturated heterocycles. The van der Waals surface area contributed by atoms with Crippen molar-refractivity contribution in [3.05, 3.63) is 29.0 Å². The molecule has 2 heterocycles. The van der Waals surface area contributed by atoms with Crippen molar-refractivity contribution in [3.63, 3.8) is 0 Å². The lowest BCUT2D eigenvalue weighted by molar-refractivity contribution is -0.274. The number of nitriles is 1. The van der Waals surface area contributed by atoms with Crippen molar-refractivity contribution in [2.75, 3.05) is 6.54 Å². The number of hydrogen-bond acceptors (Lipinski definition) is 3. The lowest BCUT2D eigenvalue weighted by atomic mass is 10.1. The highest BCUT2D eigenvalue weighted by Gasteiger charge is 2.34. The summed E-state index contributed by atoms with van der Waals surface area (Å²) in [7, 11) is 0. The van der Waals surface area contributed by atoms with Crippen molar-refractivity contribution in [1.82, 2.24) is 9.88 Å². The van der Waals surface area contributed by atoms with Gasteiger partial charge < -0.3 is 14.6 Å². The first-order valence-corrected chi connectivity index (χ1v) is 6.42. The molecule has 0 spiro atoms. The maximum Gasteiger partial charge on any atom is 0.573 e. The Kier molecular flexibility index (Phi) is 3.02. The lowest BCUT2D eigenvalue weighted by Gasteiger charge is -2.18. The van der Waals surface area contributed by atoms with Crippen LogP contribution in [0.1, 0.15) is 21.6 Å². The van der Waals surface area contributed by atoms with Crippen molar-refractivity contribution < 1.29 is 22.7 Å². The maximum absolute atomic E-state index is 12.6. The minimum Gasteiger partial charge on any atom is -0.403 e. The summed E-state index contributed by atoms with van der Waals surface area (Å²) in [5.41, 5.74) is 1.04. The zero-order valence-electron chi connectivity index (χ0n) is 11.4. The van der Waals surface area contributed by atoms with Gasteiger partial charge in [-0.05, 0) is 18.6 Å². The molecule has 0 unspecified atom stereocenters. The topological polar surface area (TPSA) is 67.1 Å². The molecule has 0 atom stereocenters. The monoisotopic (exact) mass is 309 g/mol. The van der Waals surface area contributed by atoms with Crippen molar-refractivity contribution in [3.8, 4) is 11.8 Å². The van der Waals surface area contributed by atoms with E-state index in [0.717, 1.165) is 6.07 Å². The molecule has 22 heavy (non-hydrogen) atoms. The fourth-order valence-electron chi connectivity index (χ4n) is 2.76. The van der Waals surface area contributed by atoms with Crippen LogP contribution >= 0.6 is 0 Å². The summed E-state index contributed by atoms with van der Waals surface area (Å²) in [5, 5.41) is 12.0. The van der Waals surface area contributed by atoms with Crippen LogP contribution in [0.15, 0.2) is 12.1 Å². The second kappa shape index (κ2) is 4.66. The summed E-state index contributed by atoms with van der Waals surface area (Å²) in [4.78, 5) is 12.0. The van der Waals surface area contributed by atoms with Crippen molar-refractivity contribution >= 4 is 16.8 Å². The van der Waals surface area contributed by atoms with Gasteiger partial charge in [0.05, 0.1) is 17.1 Å². The number of fused-ring (bicyclic) bond motifs is 3. The number of alkyl halides is 3. The summed E-state index contributed by atoms with van der Waals surface area (Å²) in [6, 6.07) is 4.31. The molecule has 0 aliphatic carbocycles. The number of carbonyl (C=O) groups is 1. The van der Waals surface area contributed by atoms with Crippen LogP contribution in [0.25, 0.3) is 10.9 Å². The summed E-state index contributed by atoms with van der Waals surface area (Å²) in [5.74, 6) is -0.818. The maximum atomic E-state index is 12.6. The first kappa shape index (κ1) is 14.3. The molecule has 1 aromatic carbocycles. The Labute approximate surface area is 122 Å². The summed E-state index contributed by atoms with van der Waals surface area (Å²) < 4.78 is 43.5. The van der Waals surface area contributed by atoms with E-state index in [1.165, 1.54) is 10.6 Å². The Morgan fingerprint density at radius 1 is 1.41 bits per heavy atom. The second-order valence-corrected chi connectivity index (χ2v) is 4.91. The van der Waals surface area contributed by atoms with Gasteiger partial charge in [0.15, 0.2) is 5.75 Å². The van der Waals surface area contributed by atoms with Gasteiger partial charge in [-0.3, -0.25) is 4.79 Å². The van der Waals surface area contributed by atoms with Gasteiger partial charge in [0.1, 0.15) is 5.69 Å². The number of nitrogens with zero attached hydrogens (tertiary/aromatic N) is 2. The van der Waals surface area contributed by atoms with E-state index in [0.29, 0.717) is 29.7 Å². The molecule has 0 bridgehead atoms. The van der Waals surface area contributed by atoms with E-state index in [9.17, 15) is 18.0 Å². The molecule has 0 fully saturated rings. The number of aromatic nitrogens is 1. The summed E-state index contributed by atoms with van der Waals surface area (Å²) in [6.07, 6.45) is -4.88. The minimum absolute atomic E-state index is 0.0400. The molecule has 5 nitrogen and oxygen atoms in total. The van der Waals surface area contributed by atoms with E-state index in [1.807, 2.05) is 0 Å². The molecule has 1 aliphatic heterocycles. The first-order valence-electron chi connectivity index (χ1n) is 6.42. The van der Waals surface area contributed by atoms with Crippen LogP contribution in [0.2, 0.25) is 0 Å². The third-order valence-corrected chi connectivity index (χ3v) is 3.56. The molecule has 0 saturated carbocycles. The van der Waals surface area contributed by atoms with Gasteiger partial charge >= 0.3 is 6.36 Å². The van der Waals surface area contributed by atoms with Crippen LogP contribution in [0.5, 0.6) is 5.75 Å². The molecule has 114 valence electrons. The fourth-order valence-corrected chi connectivity index (χ4v) is 2.76. The molecule has 1 amide bonds. The van der Waals surface area contributed by atoms with E-state index in [-0.39, 0.29) is 17.0 Å². The number of hydrogen-bond donors (Lipinski definition) is 1. The fraction of sp³-hybridized carbons (Fsp3) is 0.286. The normalized spacial score (nSPS) is 14.4. The highest BCUT2D eigenvalue weighted by atomic mass is 19.4. The Morgan fingerprint density at radius 3 is 2.77 bits per heavy atom. The van der Waals surface area contributed by atoms with Crippen LogP contribution in [0.4, 0.5) is 13.2 Å². The number of halogens is 3. The number of benzene rings is 1. The Bertz CT molecular complexity index is 831. The van der Waals surface area contributed by atoms with Gasteiger partial charge in [-0.15, -0.1) is 13.2 Å². The average Bonchev–Trinajstić information content (AvgIpc) is 2.72. The average molecular weight is 309 g/mol. The molecule has 0 radical (unpaired) electrons. The number of ether oxygens (including phenoxy) is 1. The second-order valence-electron chi connectivity index (χ2n) is 4.91. The highest BCUT2D eigenvalue weighted by molar-refractivity contribution is 6.04. The van der Waals surface area contributed by atoms with Gasteiger partial charge in [-0.1, -0.05) is 0 Å². The van der Waals surface area contributed by atoms with Crippen LogP contribution < -0.4 is 10.1 Å². The third-order valence-electron chi connectivity index (χ3n) is 3.56. The quantitative estimate of drug-likeness (QED) is 0.880. The summed E-state index contributed by atoms with van der Waals surface area (Å²) >= 11 is 0. The molecular weight excluding hydrogens is 299 g/mol. The van der Waals surface area contributed by atoms with Crippen LogP contribution in [-0.2, 0) is 6.54 Å². The molecule has 2 aromatic rings. The van der Waals surface area contributed by atoms with E-state index in [1.54, 1.807) is 13.0 Å². The smallest absolute Gasteiger partial charge is 0.403 e. The molecule has 1 N–H and O–H groups in total. The predicted molar refractivity (Wildman–Crippen MR) is 70.4 cm³/mol. The SMILES string of the molecule is Cc1c2n(c3c(OC(F)(F)F)cc(C#N)cc13)CCNC2=O. The first-order chi connectivity index (χ1) is 10.3. The van der Waals surface area contributed by atoms with Crippen molar-refractivity contribution in [2.24, 2.45) is 0 Å². The Hall–Kier alpha value is -2.69. The number of nitrogens with one attached hydrogen (secondary N) is 1. The molecule has 3 rings (SSSR count). The van der Waals surface area contributed by atoms with Crippen LogP contribution in [-0.4, -0.2) is 23.4 Å². The highest BCUT2D eigenvalue weighted by Crippen LogP contribution is 2.37. The molecule has 1 aliphatic rings. The van der Waals surface area contributed by atoms with Gasteiger partial charge in [0.2, 0.25) is 0 Å². The third kappa shape index (κ3) is 2.15. The zero-order valence-corrected chi connectivity index (χ0v) is 11.4. The van der Waals surface area contributed by atoms with Gasteiger partial charge in [-0.25, -0.2) is 0 Å². The van der Waals surface area contributed by atoms with E-state index in [4.69, 9.17) is 5.26 Å². The predicted octanol–water partition coefficient (Wildman–Crippen LogP) is 2.46. The van der Waals surface area contributed by atoms with Gasteiger partial charge in [0, 0.05) is 24.5 Å². The molecular formula is C14H10F3N3O2. The van der Waals surface area contributed by atoms with Crippen molar-refractivity contribution in [2.45, 2.75) is 19.8 Å². The Balaban J connectivity index is 2.37. The number of rotatable bonds is 1. The Morgan fingerprint density at radius 2 is 2.14 bits per heavy atom. The lowest BCUT2D eigenvalue weighted by Crippen LogP contribution is -2.35. The number of aryl methyl sites for hydroxylation is 1. The van der Waals surface area contributed by atoms with Crippen LogP contribution in [0, 0.1) is 18.3 Å². The number of carbonyl (C=O) groups excluding carboxylic acids is 1. The number of amides is 1. The van der Waals surface area contributed by atoms with Gasteiger partial charge in [-0.2, -0.15) is 5.26 Å². The molecule has 1 aromatic heterocycles. The minimum atomic E-state index is -4.88. The van der Waals surface area contributed by atoms with E-state index in [2.05, 4.69) is 10.1 Å². The zero-order chi connectivity index (χ0) is 16.1. The van der Waals surface area contributed by atoms with E-state index >= 15 is 0 Å². The summed E-state index contributed by atoms with van der Waals surface area (Å²) in [6.45, 7) is 2.30. The van der Waals surface area contributed by atoms with E-state index < -0.39 is 12.1 Å². The van der Waals surface area contributed by atoms with Gasteiger partial charge in [0.25, 0.3) is 5.91 Å². The largest absolute Gasteiger partial charge is 0.573 e.